The van der Waals surface area contributed by atoms with Crippen molar-refractivity contribution in [3.05, 3.63) is 35.4 Å². The molecule has 0 fully saturated rings. The number of nitrogens with zero attached hydrogens (tertiary/aromatic N) is 2. The molecule has 1 N–H and O–H groups in total. The van der Waals surface area contributed by atoms with Crippen molar-refractivity contribution in [3.8, 4) is 11.8 Å². The molecule has 114 valence electrons. The molecule has 0 saturated carbocycles. The second kappa shape index (κ2) is 9.17. The van der Waals surface area contributed by atoms with E-state index in [1.165, 1.54) is 0 Å². The molecule has 0 saturated heterocycles. The molecular weight excluding hydrogens is 264 g/mol. The van der Waals surface area contributed by atoms with E-state index < -0.39 is 0 Å². The molecule has 21 heavy (non-hydrogen) atoms. The van der Waals surface area contributed by atoms with Gasteiger partial charge in [0.15, 0.2) is 0 Å². The molecule has 0 heterocycles. The Morgan fingerprint density at radius 3 is 2.67 bits per heavy atom. The Morgan fingerprint density at radius 1 is 1.29 bits per heavy atom. The van der Waals surface area contributed by atoms with E-state index in [1.807, 2.05) is 38.1 Å². The molecule has 4 nitrogen and oxygen atoms in total. The topological polar surface area (TPSA) is 43.8 Å². The average Bonchev–Trinajstić information content (AvgIpc) is 2.49. The van der Waals surface area contributed by atoms with Crippen molar-refractivity contribution in [1.29, 1.82) is 0 Å². The van der Waals surface area contributed by atoms with Gasteiger partial charge in [-0.05, 0) is 52.2 Å². The minimum atomic E-state index is -0.177. The van der Waals surface area contributed by atoms with Crippen molar-refractivity contribution in [1.82, 2.24) is 9.80 Å². The Bertz CT molecular complexity index is 515. The SMILES string of the molecule is CCN(CCCN(C)C)C(=O)c1cccc(C#CCO)c1. The highest BCUT2D eigenvalue weighted by molar-refractivity contribution is 5.94. The largest absolute Gasteiger partial charge is 0.384 e. The number of hydrogen-bond acceptors (Lipinski definition) is 3. The van der Waals surface area contributed by atoms with E-state index in [0.29, 0.717) is 12.1 Å². The van der Waals surface area contributed by atoms with E-state index in [-0.39, 0.29) is 12.5 Å². The molecule has 0 aromatic heterocycles. The zero-order valence-electron chi connectivity index (χ0n) is 13.1. The van der Waals surface area contributed by atoms with Crippen LogP contribution in [0.5, 0.6) is 0 Å². The Hall–Kier alpha value is -1.83. The second-order valence-corrected chi connectivity index (χ2v) is 5.08. The van der Waals surface area contributed by atoms with Crippen LogP contribution in [-0.2, 0) is 0 Å². The number of carbonyl (C=O) groups is 1. The van der Waals surface area contributed by atoms with E-state index in [2.05, 4.69) is 16.7 Å². The lowest BCUT2D eigenvalue weighted by Crippen LogP contribution is -2.33. The summed E-state index contributed by atoms with van der Waals surface area (Å²) in [6, 6.07) is 7.24. The molecule has 0 bridgehead atoms. The van der Waals surface area contributed by atoms with Gasteiger partial charge in [-0.25, -0.2) is 0 Å². The van der Waals surface area contributed by atoms with Crippen LogP contribution < -0.4 is 0 Å². The van der Waals surface area contributed by atoms with Gasteiger partial charge in [0, 0.05) is 24.2 Å². The van der Waals surface area contributed by atoms with Crippen LogP contribution in [-0.4, -0.2) is 61.2 Å². The molecule has 0 aliphatic rings. The van der Waals surface area contributed by atoms with Crippen molar-refractivity contribution < 1.29 is 9.90 Å². The standard InChI is InChI=1S/C17H24N2O2/c1-4-19(12-7-11-18(2)3)17(21)16-10-5-8-15(14-16)9-6-13-20/h5,8,10,14,20H,4,7,11-13H2,1-3H3. The van der Waals surface area contributed by atoms with Crippen molar-refractivity contribution in [2.45, 2.75) is 13.3 Å². The van der Waals surface area contributed by atoms with Crippen molar-refractivity contribution in [3.63, 3.8) is 0 Å². The molecule has 1 aromatic rings. The van der Waals surface area contributed by atoms with E-state index >= 15 is 0 Å². The predicted octanol–water partition coefficient (Wildman–Crippen LogP) is 1.44. The van der Waals surface area contributed by atoms with Gasteiger partial charge in [0.25, 0.3) is 5.91 Å². The summed E-state index contributed by atoms with van der Waals surface area (Å²) in [4.78, 5) is 16.5. The van der Waals surface area contributed by atoms with Gasteiger partial charge in [-0.1, -0.05) is 17.9 Å². The number of rotatable bonds is 6. The third-order valence-corrected chi connectivity index (χ3v) is 3.12. The lowest BCUT2D eigenvalue weighted by atomic mass is 10.1. The molecule has 0 unspecified atom stereocenters. The lowest BCUT2D eigenvalue weighted by molar-refractivity contribution is 0.0759. The number of hydrogen-bond donors (Lipinski definition) is 1. The van der Waals surface area contributed by atoms with Crippen LogP contribution in [0.15, 0.2) is 24.3 Å². The van der Waals surface area contributed by atoms with E-state index in [0.717, 1.165) is 25.1 Å². The fourth-order valence-electron chi connectivity index (χ4n) is 2.04. The van der Waals surface area contributed by atoms with Gasteiger partial charge in [-0.2, -0.15) is 0 Å². The number of carbonyl (C=O) groups excluding carboxylic acids is 1. The second-order valence-electron chi connectivity index (χ2n) is 5.08. The van der Waals surface area contributed by atoms with Crippen LogP contribution in [0.2, 0.25) is 0 Å². The summed E-state index contributed by atoms with van der Waals surface area (Å²) < 4.78 is 0. The van der Waals surface area contributed by atoms with Crippen molar-refractivity contribution in [2.24, 2.45) is 0 Å². The molecule has 1 amide bonds. The summed E-state index contributed by atoms with van der Waals surface area (Å²) >= 11 is 0. The third kappa shape index (κ3) is 5.99. The third-order valence-electron chi connectivity index (χ3n) is 3.12. The maximum absolute atomic E-state index is 12.5. The average molecular weight is 288 g/mol. The zero-order chi connectivity index (χ0) is 15.7. The summed E-state index contributed by atoms with van der Waals surface area (Å²) in [6.45, 7) is 4.22. The first-order valence-electron chi connectivity index (χ1n) is 7.22. The number of benzene rings is 1. The maximum Gasteiger partial charge on any atom is 0.253 e. The first-order valence-corrected chi connectivity index (χ1v) is 7.22. The highest BCUT2D eigenvalue weighted by atomic mass is 16.2. The summed E-state index contributed by atoms with van der Waals surface area (Å²) in [7, 11) is 4.06. The highest BCUT2D eigenvalue weighted by Crippen LogP contribution is 2.08. The van der Waals surface area contributed by atoms with Gasteiger partial charge in [-0.15, -0.1) is 0 Å². The Morgan fingerprint density at radius 2 is 2.05 bits per heavy atom. The summed E-state index contributed by atoms with van der Waals surface area (Å²) in [5.74, 6) is 5.45. The predicted molar refractivity (Wildman–Crippen MR) is 85.2 cm³/mol. The lowest BCUT2D eigenvalue weighted by Gasteiger charge is -2.22. The Labute approximate surface area is 127 Å². The van der Waals surface area contributed by atoms with Crippen LogP contribution >= 0.6 is 0 Å². The number of amides is 1. The minimum Gasteiger partial charge on any atom is -0.384 e. The molecule has 0 atom stereocenters. The highest BCUT2D eigenvalue weighted by Gasteiger charge is 2.13. The van der Waals surface area contributed by atoms with Gasteiger partial charge in [-0.3, -0.25) is 4.79 Å². The van der Waals surface area contributed by atoms with Gasteiger partial charge in [0.2, 0.25) is 0 Å². The monoisotopic (exact) mass is 288 g/mol. The van der Waals surface area contributed by atoms with Crippen LogP contribution in [0.1, 0.15) is 29.3 Å². The van der Waals surface area contributed by atoms with Gasteiger partial charge < -0.3 is 14.9 Å². The first kappa shape index (κ1) is 17.2. The fraction of sp³-hybridized carbons (Fsp3) is 0.471. The molecule has 0 aliphatic carbocycles. The maximum atomic E-state index is 12.5. The molecule has 4 heteroatoms. The fourth-order valence-corrected chi connectivity index (χ4v) is 2.04. The van der Waals surface area contributed by atoms with E-state index in [1.54, 1.807) is 12.1 Å². The van der Waals surface area contributed by atoms with E-state index in [4.69, 9.17) is 5.11 Å². The van der Waals surface area contributed by atoms with Gasteiger partial charge >= 0.3 is 0 Å². The quantitative estimate of drug-likeness (QED) is 0.806. The van der Waals surface area contributed by atoms with Crippen LogP contribution in [0.25, 0.3) is 0 Å². The molecule has 0 aliphatic heterocycles. The molecule has 0 radical (unpaired) electrons. The number of aliphatic hydroxyl groups is 1. The van der Waals surface area contributed by atoms with E-state index in [9.17, 15) is 4.79 Å². The van der Waals surface area contributed by atoms with Gasteiger partial charge in [0.05, 0.1) is 0 Å². The smallest absolute Gasteiger partial charge is 0.253 e. The Balaban J connectivity index is 2.75. The normalized spacial score (nSPS) is 10.1. The molecule has 1 aromatic carbocycles. The van der Waals surface area contributed by atoms with Crippen molar-refractivity contribution in [2.75, 3.05) is 40.3 Å². The van der Waals surface area contributed by atoms with Crippen LogP contribution in [0.3, 0.4) is 0 Å². The van der Waals surface area contributed by atoms with Crippen LogP contribution in [0, 0.1) is 11.8 Å². The van der Waals surface area contributed by atoms with Crippen LogP contribution in [0.4, 0.5) is 0 Å². The van der Waals surface area contributed by atoms with Crippen molar-refractivity contribution >= 4 is 5.91 Å². The Kier molecular flexibility index (Phi) is 7.52. The molecule has 1 rings (SSSR count). The molecular formula is C17H24N2O2. The molecule has 0 spiro atoms. The minimum absolute atomic E-state index is 0.0314. The zero-order valence-corrected chi connectivity index (χ0v) is 13.1. The van der Waals surface area contributed by atoms with Gasteiger partial charge in [0.1, 0.15) is 6.61 Å². The summed E-state index contributed by atoms with van der Waals surface area (Å²) in [5, 5.41) is 8.72. The summed E-state index contributed by atoms with van der Waals surface area (Å²) in [6.07, 6.45) is 0.955. The first-order chi connectivity index (χ1) is 10.1. The summed E-state index contributed by atoms with van der Waals surface area (Å²) in [5.41, 5.74) is 1.39. The number of aliphatic hydroxyl groups excluding tert-OH is 1.